The molecule has 5 saturated carbocycles. The zero-order chi connectivity index (χ0) is 34.3. The number of ether oxygens (including phenoxy) is 4. The lowest BCUT2D eigenvalue weighted by Crippen LogP contribution is -2.60. The minimum Gasteiger partial charge on any atom is -0.390 e. The number of aliphatic hydroxyl groups excluding tert-OH is 1. The van der Waals surface area contributed by atoms with Crippen molar-refractivity contribution < 1.29 is 37.6 Å². The fourth-order valence-corrected chi connectivity index (χ4v) is 14.7. The number of aliphatic hydroxyl groups is 2. The Labute approximate surface area is 288 Å². The van der Waals surface area contributed by atoms with Crippen LogP contribution < -0.4 is 4.72 Å². The summed E-state index contributed by atoms with van der Waals surface area (Å²) in [5, 5.41) is 23.5. The number of nitrogens with one attached hydrogen (secondary N) is 1. The van der Waals surface area contributed by atoms with Crippen molar-refractivity contribution in [3.05, 3.63) is 0 Å². The molecule has 0 amide bonds. The molecule has 13 unspecified atom stereocenters. The van der Waals surface area contributed by atoms with Crippen molar-refractivity contribution in [3.8, 4) is 0 Å². The highest BCUT2D eigenvalue weighted by Crippen LogP contribution is 2.89. The van der Waals surface area contributed by atoms with Crippen LogP contribution in [-0.4, -0.2) is 111 Å². The third-order valence-electron chi connectivity index (χ3n) is 16.4. The van der Waals surface area contributed by atoms with Crippen molar-refractivity contribution in [3.63, 3.8) is 0 Å². The van der Waals surface area contributed by atoms with Crippen LogP contribution in [0.15, 0.2) is 0 Å². The summed E-state index contributed by atoms with van der Waals surface area (Å²) in [7, 11) is -3.57. The van der Waals surface area contributed by atoms with Crippen molar-refractivity contribution in [2.75, 3.05) is 39.2 Å². The first-order valence-corrected chi connectivity index (χ1v) is 20.9. The molecule has 3 N–H and O–H groups in total. The summed E-state index contributed by atoms with van der Waals surface area (Å²) in [6, 6.07) is -0.285. The fraction of sp³-hybridized carbons (Fsp3) is 1.00. The van der Waals surface area contributed by atoms with E-state index in [2.05, 4.69) is 37.3 Å². The molecule has 0 bridgehead atoms. The van der Waals surface area contributed by atoms with E-state index in [4.69, 9.17) is 18.9 Å². The topological polar surface area (TPSA) is 127 Å². The van der Waals surface area contributed by atoms with Crippen molar-refractivity contribution >= 4 is 10.0 Å². The SMILES string of the molecule is CC(C)(O)C(NS(C)(=O)=O)C1CCC2C(O1)C(O)C1(C)C3CCC4C(C)(C)C(OC5CN(C6COC6)CCO5)CCC45CC35CCC21C. The van der Waals surface area contributed by atoms with E-state index in [1.54, 1.807) is 13.8 Å². The number of sulfonamides is 1. The van der Waals surface area contributed by atoms with Crippen LogP contribution in [0, 0.1) is 44.8 Å². The molecular weight excluding hydrogens is 632 g/mol. The first kappa shape index (κ1) is 34.7. The summed E-state index contributed by atoms with van der Waals surface area (Å²) in [4.78, 5) is 2.49. The maximum atomic E-state index is 12.5. The second kappa shape index (κ2) is 11.1. The maximum absolute atomic E-state index is 12.5. The smallest absolute Gasteiger partial charge is 0.209 e. The Bertz CT molecular complexity index is 1380. The van der Waals surface area contributed by atoms with E-state index in [9.17, 15) is 18.6 Å². The van der Waals surface area contributed by atoms with Gasteiger partial charge in [0.25, 0.3) is 0 Å². The summed E-state index contributed by atoms with van der Waals surface area (Å²) in [6.07, 6.45) is 9.23. The third kappa shape index (κ3) is 4.80. The lowest BCUT2D eigenvalue weighted by Gasteiger charge is -2.63. The first-order chi connectivity index (χ1) is 22.4. The molecule has 2 spiro atoms. The number of hydrogen-bond donors (Lipinski definition) is 3. The van der Waals surface area contributed by atoms with Gasteiger partial charge in [0.15, 0.2) is 6.29 Å². The van der Waals surface area contributed by atoms with Gasteiger partial charge in [-0.2, -0.15) is 0 Å². The number of fused-ring (bicyclic) bond motifs is 4. The summed E-state index contributed by atoms with van der Waals surface area (Å²) in [6.45, 7) is 17.1. The van der Waals surface area contributed by atoms with Gasteiger partial charge in [-0.25, -0.2) is 13.1 Å². The molecule has 11 heteroatoms. The van der Waals surface area contributed by atoms with E-state index < -0.39 is 33.9 Å². The van der Waals surface area contributed by atoms with E-state index in [-0.39, 0.29) is 46.1 Å². The standard InChI is InChI=1S/C37H62N2O8S/c1-32(2)25-10-11-26-35(6)31(40)29-23(8-9-24(46-29)30(33(3,4)41)38-48(7,42)43)34(35,5)14-15-37(26)21-36(25,37)13-12-27(32)47-28-18-39(16-17-45-28)22-19-44-20-22/h22-31,38,40-41H,8-21H2,1-7H3. The Morgan fingerprint density at radius 1 is 0.979 bits per heavy atom. The summed E-state index contributed by atoms with van der Waals surface area (Å²) < 4.78 is 52.6. The number of hydrogen-bond acceptors (Lipinski definition) is 9. The van der Waals surface area contributed by atoms with Crippen LogP contribution in [0.2, 0.25) is 0 Å². The van der Waals surface area contributed by atoms with Crippen LogP contribution in [0.4, 0.5) is 0 Å². The molecule has 3 heterocycles. The van der Waals surface area contributed by atoms with Crippen molar-refractivity contribution in [1.82, 2.24) is 9.62 Å². The van der Waals surface area contributed by atoms with Gasteiger partial charge < -0.3 is 29.2 Å². The van der Waals surface area contributed by atoms with Crippen LogP contribution in [0.25, 0.3) is 0 Å². The second-order valence-electron chi connectivity index (χ2n) is 19.1. The van der Waals surface area contributed by atoms with E-state index in [0.717, 1.165) is 64.7 Å². The quantitative estimate of drug-likeness (QED) is 0.366. The largest absolute Gasteiger partial charge is 0.390 e. The molecule has 13 atom stereocenters. The minimum atomic E-state index is -3.57. The Kier molecular flexibility index (Phi) is 8.01. The molecule has 8 aliphatic rings. The maximum Gasteiger partial charge on any atom is 0.209 e. The molecular formula is C37H62N2O8S. The van der Waals surface area contributed by atoms with E-state index in [0.29, 0.717) is 36.3 Å². The van der Waals surface area contributed by atoms with Crippen LogP contribution in [0.5, 0.6) is 0 Å². The van der Waals surface area contributed by atoms with Gasteiger partial charge >= 0.3 is 0 Å². The normalized spacial score (nSPS) is 51.0. The lowest BCUT2D eigenvalue weighted by atomic mass is 9.41. The average molecular weight is 695 g/mol. The number of rotatable bonds is 7. The molecule has 8 fully saturated rings. The Morgan fingerprint density at radius 3 is 2.35 bits per heavy atom. The van der Waals surface area contributed by atoms with Gasteiger partial charge in [0, 0.05) is 12.0 Å². The molecule has 0 aromatic carbocycles. The molecule has 274 valence electrons. The fourth-order valence-electron chi connectivity index (χ4n) is 13.8. The van der Waals surface area contributed by atoms with E-state index in [1.165, 1.54) is 19.3 Å². The van der Waals surface area contributed by atoms with Gasteiger partial charge in [-0.1, -0.05) is 27.7 Å². The van der Waals surface area contributed by atoms with Gasteiger partial charge in [0.2, 0.25) is 10.0 Å². The van der Waals surface area contributed by atoms with Crippen molar-refractivity contribution in [2.45, 2.75) is 148 Å². The van der Waals surface area contributed by atoms with E-state index >= 15 is 0 Å². The summed E-state index contributed by atoms with van der Waals surface area (Å²) in [5.74, 6) is 1.22. The van der Waals surface area contributed by atoms with Crippen LogP contribution in [0.1, 0.15) is 99.3 Å². The van der Waals surface area contributed by atoms with Crippen LogP contribution in [0.3, 0.4) is 0 Å². The zero-order valence-corrected chi connectivity index (χ0v) is 31.2. The van der Waals surface area contributed by atoms with Gasteiger partial charge in [-0.3, -0.25) is 4.90 Å². The highest BCUT2D eigenvalue weighted by Gasteiger charge is 2.84. The van der Waals surface area contributed by atoms with E-state index in [1.807, 2.05) is 0 Å². The van der Waals surface area contributed by atoms with Gasteiger partial charge in [-0.05, 0) is 111 Å². The average Bonchev–Trinajstić information content (AvgIpc) is 3.61. The Balaban J connectivity index is 1.01. The highest BCUT2D eigenvalue weighted by atomic mass is 32.2. The third-order valence-corrected chi connectivity index (χ3v) is 17.1. The number of morpholine rings is 1. The van der Waals surface area contributed by atoms with Gasteiger partial charge in [-0.15, -0.1) is 0 Å². The lowest BCUT2D eigenvalue weighted by molar-refractivity contribution is -0.256. The Morgan fingerprint density at radius 2 is 1.69 bits per heavy atom. The summed E-state index contributed by atoms with van der Waals surface area (Å²) >= 11 is 0. The van der Waals surface area contributed by atoms with Crippen molar-refractivity contribution in [1.29, 1.82) is 0 Å². The molecule has 5 aliphatic carbocycles. The second-order valence-corrected chi connectivity index (χ2v) is 20.9. The highest BCUT2D eigenvalue weighted by molar-refractivity contribution is 7.88. The molecule has 3 aliphatic heterocycles. The molecule has 0 aromatic heterocycles. The molecule has 3 saturated heterocycles. The molecule has 48 heavy (non-hydrogen) atoms. The molecule has 8 rings (SSSR count). The molecule has 0 radical (unpaired) electrons. The predicted molar refractivity (Wildman–Crippen MR) is 180 cm³/mol. The van der Waals surface area contributed by atoms with Gasteiger partial charge in [0.05, 0.1) is 74.7 Å². The summed E-state index contributed by atoms with van der Waals surface area (Å²) in [5.41, 5.74) is -1.08. The number of nitrogens with zero attached hydrogens (tertiary/aromatic N) is 1. The van der Waals surface area contributed by atoms with Crippen LogP contribution >= 0.6 is 0 Å². The monoisotopic (exact) mass is 694 g/mol. The molecule has 0 aromatic rings. The van der Waals surface area contributed by atoms with Gasteiger partial charge in [0.1, 0.15) is 0 Å². The Hall–Kier alpha value is -0.370. The van der Waals surface area contributed by atoms with Crippen LogP contribution in [-0.2, 0) is 29.0 Å². The molecule has 10 nitrogen and oxygen atoms in total. The predicted octanol–water partition coefficient (Wildman–Crippen LogP) is 3.68. The first-order valence-electron chi connectivity index (χ1n) is 19.0. The minimum absolute atomic E-state index is 0.0386. The zero-order valence-electron chi connectivity index (χ0n) is 30.4. The van der Waals surface area contributed by atoms with Crippen molar-refractivity contribution in [2.24, 2.45) is 44.8 Å².